The third-order valence-corrected chi connectivity index (χ3v) is 5.15. The van der Waals surface area contributed by atoms with E-state index in [1.54, 1.807) is 11.9 Å². The van der Waals surface area contributed by atoms with Gasteiger partial charge in [-0.2, -0.15) is 0 Å². The van der Waals surface area contributed by atoms with Gasteiger partial charge in [0.05, 0.1) is 5.92 Å². The zero-order valence-corrected chi connectivity index (χ0v) is 14.4. The van der Waals surface area contributed by atoms with Gasteiger partial charge < -0.3 is 10.0 Å². The summed E-state index contributed by atoms with van der Waals surface area (Å²) in [6.45, 7) is 0. The number of aliphatic carboxylic acids is 1. The number of benzene rings is 2. The van der Waals surface area contributed by atoms with Gasteiger partial charge in [0.1, 0.15) is 0 Å². The van der Waals surface area contributed by atoms with Gasteiger partial charge in [0.15, 0.2) is 0 Å². The second-order valence-corrected chi connectivity index (χ2v) is 6.71. The predicted molar refractivity (Wildman–Crippen MR) is 98.0 cm³/mol. The Balaban J connectivity index is 1.66. The van der Waals surface area contributed by atoms with Crippen molar-refractivity contribution in [3.63, 3.8) is 0 Å². The number of carboxylic acid groups (broad SMARTS) is 1. The van der Waals surface area contributed by atoms with E-state index >= 15 is 0 Å². The van der Waals surface area contributed by atoms with Crippen molar-refractivity contribution < 1.29 is 14.7 Å². The van der Waals surface area contributed by atoms with E-state index in [2.05, 4.69) is 0 Å². The SMILES string of the molecule is CN(C(=O)c1ccc(C2CCC(C(=O)O)CC2)cc1)c1ccccc1. The van der Waals surface area contributed by atoms with Crippen LogP contribution in [-0.4, -0.2) is 24.0 Å². The Morgan fingerprint density at radius 3 is 2.08 bits per heavy atom. The molecule has 1 N–H and O–H groups in total. The number of carbonyl (C=O) groups is 2. The molecule has 0 heterocycles. The lowest BCUT2D eigenvalue weighted by Gasteiger charge is -2.26. The number of rotatable bonds is 4. The van der Waals surface area contributed by atoms with Gasteiger partial charge in [-0.25, -0.2) is 0 Å². The van der Waals surface area contributed by atoms with E-state index in [0.29, 0.717) is 11.5 Å². The monoisotopic (exact) mass is 337 g/mol. The van der Waals surface area contributed by atoms with Gasteiger partial charge in [-0.15, -0.1) is 0 Å². The molecule has 4 heteroatoms. The Hall–Kier alpha value is -2.62. The van der Waals surface area contributed by atoms with Crippen molar-refractivity contribution in [3.05, 3.63) is 65.7 Å². The Morgan fingerprint density at radius 2 is 1.52 bits per heavy atom. The van der Waals surface area contributed by atoms with Gasteiger partial charge in [0, 0.05) is 18.3 Å². The molecule has 1 aliphatic carbocycles. The first-order valence-electron chi connectivity index (χ1n) is 8.72. The molecule has 1 amide bonds. The van der Waals surface area contributed by atoms with E-state index < -0.39 is 5.97 Å². The molecule has 4 nitrogen and oxygen atoms in total. The minimum atomic E-state index is -0.677. The first-order valence-corrected chi connectivity index (χ1v) is 8.72. The summed E-state index contributed by atoms with van der Waals surface area (Å²) in [5.74, 6) is -0.515. The van der Waals surface area contributed by atoms with Crippen LogP contribution in [-0.2, 0) is 4.79 Å². The molecule has 0 atom stereocenters. The molecule has 2 aromatic rings. The highest BCUT2D eigenvalue weighted by molar-refractivity contribution is 6.05. The van der Waals surface area contributed by atoms with Crippen LogP contribution in [0.5, 0.6) is 0 Å². The van der Waals surface area contributed by atoms with Crippen molar-refractivity contribution in [3.8, 4) is 0 Å². The second-order valence-electron chi connectivity index (χ2n) is 6.71. The molecule has 0 aromatic heterocycles. The van der Waals surface area contributed by atoms with Crippen molar-refractivity contribution in [1.29, 1.82) is 0 Å². The van der Waals surface area contributed by atoms with Crippen LogP contribution in [0.2, 0.25) is 0 Å². The number of nitrogens with zero attached hydrogens (tertiary/aromatic N) is 1. The summed E-state index contributed by atoms with van der Waals surface area (Å²) in [5, 5.41) is 9.10. The minimum absolute atomic E-state index is 0.0349. The zero-order chi connectivity index (χ0) is 17.8. The molecule has 3 rings (SSSR count). The highest BCUT2D eigenvalue weighted by Gasteiger charge is 2.26. The van der Waals surface area contributed by atoms with E-state index in [-0.39, 0.29) is 11.8 Å². The van der Waals surface area contributed by atoms with E-state index in [0.717, 1.165) is 31.4 Å². The molecule has 1 aliphatic rings. The number of hydrogen-bond acceptors (Lipinski definition) is 2. The van der Waals surface area contributed by atoms with Crippen LogP contribution in [0.3, 0.4) is 0 Å². The van der Waals surface area contributed by atoms with Crippen LogP contribution in [0.4, 0.5) is 5.69 Å². The van der Waals surface area contributed by atoms with Gasteiger partial charge in [-0.1, -0.05) is 30.3 Å². The summed E-state index contributed by atoms with van der Waals surface area (Å²) in [5.41, 5.74) is 2.72. The fraction of sp³-hybridized carbons (Fsp3) is 0.333. The summed E-state index contributed by atoms with van der Waals surface area (Å²) in [7, 11) is 1.78. The fourth-order valence-electron chi connectivity index (χ4n) is 3.53. The lowest BCUT2D eigenvalue weighted by atomic mass is 9.78. The summed E-state index contributed by atoms with van der Waals surface area (Å²) in [6, 6.07) is 17.3. The number of amides is 1. The third-order valence-electron chi connectivity index (χ3n) is 5.15. The van der Waals surface area contributed by atoms with Crippen molar-refractivity contribution >= 4 is 17.6 Å². The minimum Gasteiger partial charge on any atom is -0.481 e. The van der Waals surface area contributed by atoms with Gasteiger partial charge in [-0.3, -0.25) is 9.59 Å². The fourth-order valence-corrected chi connectivity index (χ4v) is 3.53. The number of anilines is 1. The maximum Gasteiger partial charge on any atom is 0.306 e. The van der Waals surface area contributed by atoms with Crippen LogP contribution in [0, 0.1) is 5.92 Å². The Morgan fingerprint density at radius 1 is 0.920 bits per heavy atom. The first kappa shape index (κ1) is 17.2. The maximum absolute atomic E-state index is 12.6. The molecule has 0 unspecified atom stereocenters. The number of carboxylic acids is 1. The van der Waals surface area contributed by atoms with Crippen LogP contribution < -0.4 is 4.90 Å². The van der Waals surface area contributed by atoms with E-state index in [1.165, 1.54) is 5.56 Å². The Labute approximate surface area is 148 Å². The van der Waals surface area contributed by atoms with Gasteiger partial charge in [0.25, 0.3) is 5.91 Å². The molecule has 2 aromatic carbocycles. The van der Waals surface area contributed by atoms with Crippen LogP contribution >= 0.6 is 0 Å². The van der Waals surface area contributed by atoms with Crippen molar-refractivity contribution in [2.45, 2.75) is 31.6 Å². The molecule has 1 saturated carbocycles. The first-order chi connectivity index (χ1) is 12.1. The molecule has 0 radical (unpaired) electrons. The summed E-state index contributed by atoms with van der Waals surface area (Å²) < 4.78 is 0. The molecule has 25 heavy (non-hydrogen) atoms. The average molecular weight is 337 g/mol. The Kier molecular flexibility index (Phi) is 5.17. The van der Waals surface area contributed by atoms with E-state index in [9.17, 15) is 9.59 Å². The highest BCUT2D eigenvalue weighted by atomic mass is 16.4. The van der Waals surface area contributed by atoms with Crippen LogP contribution in [0.15, 0.2) is 54.6 Å². The van der Waals surface area contributed by atoms with Crippen LogP contribution in [0.25, 0.3) is 0 Å². The number of hydrogen-bond donors (Lipinski definition) is 1. The standard InChI is InChI=1S/C21H23NO3/c1-22(19-5-3-2-4-6-19)20(23)17-11-7-15(8-12-17)16-9-13-18(14-10-16)21(24)25/h2-8,11-12,16,18H,9-10,13-14H2,1H3,(H,24,25). The largest absolute Gasteiger partial charge is 0.481 e. The molecular formula is C21H23NO3. The Bertz CT molecular complexity index is 731. The topological polar surface area (TPSA) is 57.6 Å². The molecule has 0 aliphatic heterocycles. The quantitative estimate of drug-likeness (QED) is 0.904. The summed E-state index contributed by atoms with van der Waals surface area (Å²) in [4.78, 5) is 25.3. The van der Waals surface area contributed by atoms with Gasteiger partial charge in [-0.05, 0) is 61.4 Å². The van der Waals surface area contributed by atoms with E-state index in [4.69, 9.17) is 5.11 Å². The maximum atomic E-state index is 12.6. The lowest BCUT2D eigenvalue weighted by molar-refractivity contribution is -0.142. The van der Waals surface area contributed by atoms with Crippen molar-refractivity contribution in [2.75, 3.05) is 11.9 Å². The lowest BCUT2D eigenvalue weighted by Crippen LogP contribution is -2.26. The molecule has 0 saturated heterocycles. The number of para-hydroxylation sites is 1. The smallest absolute Gasteiger partial charge is 0.306 e. The van der Waals surface area contributed by atoms with E-state index in [1.807, 2.05) is 54.6 Å². The molecule has 0 spiro atoms. The third kappa shape index (κ3) is 3.90. The summed E-state index contributed by atoms with van der Waals surface area (Å²) >= 11 is 0. The van der Waals surface area contributed by atoms with Crippen molar-refractivity contribution in [1.82, 2.24) is 0 Å². The molecule has 1 fully saturated rings. The van der Waals surface area contributed by atoms with Crippen LogP contribution in [0.1, 0.15) is 47.5 Å². The van der Waals surface area contributed by atoms with Crippen molar-refractivity contribution in [2.24, 2.45) is 5.92 Å². The molecule has 130 valence electrons. The predicted octanol–water partition coefficient (Wildman–Crippen LogP) is 4.32. The summed E-state index contributed by atoms with van der Waals surface area (Å²) in [6.07, 6.45) is 3.26. The second kappa shape index (κ2) is 7.51. The number of carbonyl (C=O) groups excluding carboxylic acids is 1. The normalized spacial score (nSPS) is 20.0. The van der Waals surface area contributed by atoms with Gasteiger partial charge >= 0.3 is 5.97 Å². The molecular weight excluding hydrogens is 314 g/mol. The van der Waals surface area contributed by atoms with Gasteiger partial charge in [0.2, 0.25) is 0 Å². The highest BCUT2D eigenvalue weighted by Crippen LogP contribution is 2.36. The average Bonchev–Trinajstić information content (AvgIpc) is 2.67. The molecule has 0 bridgehead atoms. The zero-order valence-electron chi connectivity index (χ0n) is 14.4.